The lowest BCUT2D eigenvalue weighted by Crippen LogP contribution is -2.49. The van der Waals surface area contributed by atoms with Crippen molar-refractivity contribution in [1.82, 2.24) is 10.2 Å². The summed E-state index contributed by atoms with van der Waals surface area (Å²) in [7, 11) is 0. The van der Waals surface area contributed by atoms with Gasteiger partial charge in [0, 0.05) is 18.7 Å². The summed E-state index contributed by atoms with van der Waals surface area (Å²) in [5, 5.41) is 2.89. The number of hydrogen-bond donors (Lipinski definition) is 1. The van der Waals surface area contributed by atoms with Crippen molar-refractivity contribution >= 4 is 11.8 Å². The molecule has 1 saturated carbocycles. The van der Waals surface area contributed by atoms with Gasteiger partial charge in [0.2, 0.25) is 5.91 Å². The summed E-state index contributed by atoms with van der Waals surface area (Å²) in [5.74, 6) is -0.166. The number of hydrogen-bond acceptors (Lipinski definition) is 2. The lowest BCUT2D eigenvalue weighted by molar-refractivity contribution is -0.134. The third-order valence-electron chi connectivity index (χ3n) is 6.38. The number of aryl methyl sites for hydroxylation is 1. The van der Waals surface area contributed by atoms with Crippen LogP contribution >= 0.6 is 0 Å². The quantitative estimate of drug-likeness (QED) is 0.870. The molecule has 1 atom stereocenters. The molecule has 146 valence electrons. The fraction of sp³-hybridized carbons (Fsp3) is 0.417. The van der Waals surface area contributed by atoms with Crippen molar-refractivity contribution in [2.24, 2.45) is 5.41 Å². The zero-order valence-electron chi connectivity index (χ0n) is 16.7. The van der Waals surface area contributed by atoms with Gasteiger partial charge in [0.05, 0.1) is 0 Å². The van der Waals surface area contributed by atoms with E-state index >= 15 is 0 Å². The van der Waals surface area contributed by atoms with Crippen LogP contribution in [0.5, 0.6) is 0 Å². The summed E-state index contributed by atoms with van der Waals surface area (Å²) in [6.07, 6.45) is 4.86. The average Bonchev–Trinajstić information content (AvgIpc) is 3.47. The van der Waals surface area contributed by atoms with Gasteiger partial charge in [-0.2, -0.15) is 0 Å². The van der Waals surface area contributed by atoms with Crippen LogP contribution in [0.25, 0.3) is 11.1 Å². The number of likely N-dealkylation sites (tertiary alicyclic amines) is 1. The molecule has 4 heteroatoms. The maximum absolute atomic E-state index is 12.7. The van der Waals surface area contributed by atoms with E-state index in [-0.39, 0.29) is 11.8 Å². The van der Waals surface area contributed by atoms with Crippen LogP contribution < -0.4 is 5.32 Å². The van der Waals surface area contributed by atoms with E-state index in [1.165, 1.54) is 12.8 Å². The number of rotatable bonds is 4. The van der Waals surface area contributed by atoms with E-state index in [4.69, 9.17) is 0 Å². The Morgan fingerprint density at radius 1 is 1.00 bits per heavy atom. The summed E-state index contributed by atoms with van der Waals surface area (Å²) in [6, 6.07) is 15.3. The van der Waals surface area contributed by atoms with Crippen molar-refractivity contribution in [3.63, 3.8) is 0 Å². The van der Waals surface area contributed by atoms with Crippen molar-refractivity contribution in [2.45, 2.75) is 45.6 Å². The highest BCUT2D eigenvalue weighted by Gasteiger charge is 2.45. The molecular weight excluding hydrogens is 348 g/mol. The smallest absolute Gasteiger partial charge is 0.251 e. The number of amides is 2. The van der Waals surface area contributed by atoms with Crippen LogP contribution in [0.2, 0.25) is 0 Å². The number of carbonyl (C=O) groups is 2. The standard InChI is InChI=1S/C24H28N2O2/c1-17-16-20(8-9-21(17)19-6-4-3-5-7-19)22(27)25-18(2)23(28)26-14-12-24(10-11-24)13-15-26/h3-9,16,18H,10-15H2,1-2H3,(H,25,27)/t18-/m1/s1. The maximum Gasteiger partial charge on any atom is 0.251 e. The van der Waals surface area contributed by atoms with Crippen LogP contribution in [0.15, 0.2) is 48.5 Å². The van der Waals surface area contributed by atoms with E-state index in [0.29, 0.717) is 11.0 Å². The van der Waals surface area contributed by atoms with Gasteiger partial charge in [-0.3, -0.25) is 9.59 Å². The third-order valence-corrected chi connectivity index (χ3v) is 6.38. The van der Waals surface area contributed by atoms with Crippen LogP contribution in [-0.4, -0.2) is 35.8 Å². The van der Waals surface area contributed by atoms with Crippen molar-refractivity contribution in [1.29, 1.82) is 0 Å². The van der Waals surface area contributed by atoms with E-state index in [1.54, 1.807) is 6.92 Å². The SMILES string of the molecule is Cc1cc(C(=O)N[C@H](C)C(=O)N2CCC3(CC2)CC3)ccc1-c1ccccc1. The Bertz CT molecular complexity index is 877. The molecule has 2 aromatic carbocycles. The topological polar surface area (TPSA) is 49.4 Å². The summed E-state index contributed by atoms with van der Waals surface area (Å²) >= 11 is 0. The first kappa shape index (κ1) is 18.7. The van der Waals surface area contributed by atoms with Crippen LogP contribution in [0.4, 0.5) is 0 Å². The first-order valence-electron chi connectivity index (χ1n) is 10.2. The van der Waals surface area contributed by atoms with Crippen LogP contribution in [0.3, 0.4) is 0 Å². The molecule has 0 aromatic heterocycles. The van der Waals surface area contributed by atoms with Gasteiger partial charge in [-0.25, -0.2) is 0 Å². The highest BCUT2D eigenvalue weighted by molar-refractivity contribution is 5.98. The molecule has 0 bridgehead atoms. The molecule has 1 aliphatic heterocycles. The Hall–Kier alpha value is -2.62. The minimum Gasteiger partial charge on any atom is -0.341 e. The van der Waals surface area contributed by atoms with Crippen molar-refractivity contribution in [2.75, 3.05) is 13.1 Å². The normalized spacial score (nSPS) is 18.6. The van der Waals surface area contributed by atoms with Crippen LogP contribution in [-0.2, 0) is 4.79 Å². The lowest BCUT2D eigenvalue weighted by atomic mass is 9.93. The second kappa shape index (κ2) is 7.42. The van der Waals surface area contributed by atoms with E-state index in [9.17, 15) is 9.59 Å². The number of benzene rings is 2. The van der Waals surface area contributed by atoms with Crippen LogP contribution in [0.1, 0.15) is 48.5 Å². The molecule has 1 heterocycles. The molecule has 2 aliphatic rings. The Labute approximate surface area is 166 Å². The molecule has 1 saturated heterocycles. The molecule has 0 radical (unpaired) electrons. The molecule has 1 N–H and O–H groups in total. The highest BCUT2D eigenvalue weighted by Crippen LogP contribution is 2.53. The van der Waals surface area contributed by atoms with E-state index in [2.05, 4.69) is 17.4 Å². The Kier molecular flexibility index (Phi) is 4.96. The van der Waals surface area contributed by atoms with Gasteiger partial charge in [-0.15, -0.1) is 0 Å². The van der Waals surface area contributed by atoms with E-state index in [1.807, 2.05) is 48.2 Å². The Balaban J connectivity index is 1.39. The zero-order valence-corrected chi connectivity index (χ0v) is 16.7. The molecule has 4 rings (SSSR count). The monoisotopic (exact) mass is 376 g/mol. The molecule has 2 aromatic rings. The van der Waals surface area contributed by atoms with E-state index in [0.717, 1.165) is 42.6 Å². The first-order chi connectivity index (χ1) is 13.5. The van der Waals surface area contributed by atoms with Gasteiger partial charge in [0.15, 0.2) is 0 Å². The van der Waals surface area contributed by atoms with Crippen LogP contribution in [0, 0.1) is 12.3 Å². The molecule has 2 fully saturated rings. The fourth-order valence-electron chi connectivity index (χ4n) is 4.24. The number of nitrogens with zero attached hydrogens (tertiary/aromatic N) is 1. The van der Waals surface area contributed by atoms with Gasteiger partial charge in [-0.1, -0.05) is 36.4 Å². The number of piperidine rings is 1. The van der Waals surface area contributed by atoms with Crippen molar-refractivity contribution in [3.8, 4) is 11.1 Å². The summed E-state index contributed by atoms with van der Waals surface area (Å²) in [6.45, 7) is 5.44. The minimum atomic E-state index is -0.505. The van der Waals surface area contributed by atoms with Crippen molar-refractivity contribution in [3.05, 3.63) is 59.7 Å². The largest absolute Gasteiger partial charge is 0.341 e. The molecule has 0 unspecified atom stereocenters. The van der Waals surface area contributed by atoms with Gasteiger partial charge in [0.1, 0.15) is 6.04 Å². The molecule has 2 amide bonds. The van der Waals surface area contributed by atoms with Crippen molar-refractivity contribution < 1.29 is 9.59 Å². The minimum absolute atomic E-state index is 0.0291. The molecule has 4 nitrogen and oxygen atoms in total. The second-order valence-electron chi connectivity index (χ2n) is 8.42. The molecule has 28 heavy (non-hydrogen) atoms. The third kappa shape index (κ3) is 3.82. The average molecular weight is 377 g/mol. The number of nitrogens with one attached hydrogen (secondary N) is 1. The predicted molar refractivity (Wildman–Crippen MR) is 111 cm³/mol. The summed E-state index contributed by atoms with van der Waals surface area (Å²) in [4.78, 5) is 27.3. The molecule has 1 aliphatic carbocycles. The molecule has 1 spiro atoms. The van der Waals surface area contributed by atoms with Gasteiger partial charge in [-0.05, 0) is 73.8 Å². The van der Waals surface area contributed by atoms with E-state index < -0.39 is 6.04 Å². The fourth-order valence-corrected chi connectivity index (χ4v) is 4.24. The lowest BCUT2D eigenvalue weighted by Gasteiger charge is -2.33. The zero-order chi connectivity index (χ0) is 19.7. The maximum atomic E-state index is 12.7. The predicted octanol–water partition coefficient (Wildman–Crippen LogP) is 4.18. The van der Waals surface area contributed by atoms with Gasteiger partial charge < -0.3 is 10.2 Å². The Morgan fingerprint density at radius 3 is 2.29 bits per heavy atom. The molecular formula is C24H28N2O2. The Morgan fingerprint density at radius 2 is 1.68 bits per heavy atom. The summed E-state index contributed by atoms with van der Waals surface area (Å²) < 4.78 is 0. The number of carbonyl (C=O) groups excluding carboxylic acids is 2. The van der Waals surface area contributed by atoms with Gasteiger partial charge in [0.25, 0.3) is 5.91 Å². The summed E-state index contributed by atoms with van der Waals surface area (Å²) in [5.41, 5.74) is 4.43. The highest BCUT2D eigenvalue weighted by atomic mass is 16.2. The second-order valence-corrected chi connectivity index (χ2v) is 8.42. The first-order valence-corrected chi connectivity index (χ1v) is 10.2. The van der Waals surface area contributed by atoms with Gasteiger partial charge >= 0.3 is 0 Å².